The summed E-state index contributed by atoms with van der Waals surface area (Å²) in [6, 6.07) is 1.57. The highest BCUT2D eigenvalue weighted by Crippen LogP contribution is 2.19. The van der Waals surface area contributed by atoms with Crippen molar-refractivity contribution in [3.8, 4) is 0 Å². The number of aryl methyl sites for hydroxylation is 1. The summed E-state index contributed by atoms with van der Waals surface area (Å²) < 4.78 is 6.60. The Hall–Kier alpha value is -1.62. The molecule has 2 heterocycles. The maximum Gasteiger partial charge on any atom is 0.339 e. The van der Waals surface area contributed by atoms with Crippen LogP contribution in [-0.4, -0.2) is 27.2 Å². The summed E-state index contributed by atoms with van der Waals surface area (Å²) >= 11 is 5.99. The monoisotopic (exact) mass is 239 g/mol. The summed E-state index contributed by atoms with van der Waals surface area (Å²) in [6.45, 7) is 3.86. The van der Waals surface area contributed by atoms with E-state index < -0.39 is 5.97 Å². The van der Waals surface area contributed by atoms with E-state index in [1.807, 2.05) is 0 Å². The number of carbonyl (C=O) groups is 1. The van der Waals surface area contributed by atoms with E-state index in [0.29, 0.717) is 28.7 Å². The Bertz CT molecular complexity index is 550. The Kier molecular flexibility index (Phi) is 2.78. The highest BCUT2D eigenvalue weighted by Gasteiger charge is 2.14. The lowest BCUT2D eigenvalue weighted by atomic mass is 10.2. The van der Waals surface area contributed by atoms with E-state index in [0.717, 1.165) is 0 Å². The van der Waals surface area contributed by atoms with Crippen molar-refractivity contribution in [2.24, 2.45) is 0 Å². The third-order valence-electron chi connectivity index (χ3n) is 2.16. The van der Waals surface area contributed by atoms with Gasteiger partial charge in [0.25, 0.3) is 0 Å². The zero-order valence-electron chi connectivity index (χ0n) is 8.90. The summed E-state index contributed by atoms with van der Waals surface area (Å²) in [5.74, 6) is 0.267. The lowest BCUT2D eigenvalue weighted by molar-refractivity contribution is 0.0526. The van der Waals surface area contributed by atoms with E-state index in [-0.39, 0.29) is 0 Å². The molecule has 0 fully saturated rings. The molecule has 0 spiro atoms. The molecule has 0 amide bonds. The lowest BCUT2D eigenvalue weighted by Gasteiger charge is -2.04. The number of pyridine rings is 1. The van der Waals surface area contributed by atoms with Gasteiger partial charge in [0, 0.05) is 6.20 Å². The van der Waals surface area contributed by atoms with Crippen molar-refractivity contribution in [2.45, 2.75) is 13.8 Å². The van der Waals surface area contributed by atoms with Crippen LogP contribution in [0.3, 0.4) is 0 Å². The first kappa shape index (κ1) is 10.9. The van der Waals surface area contributed by atoms with E-state index in [2.05, 4.69) is 10.2 Å². The zero-order chi connectivity index (χ0) is 11.7. The van der Waals surface area contributed by atoms with Crippen LogP contribution in [0.25, 0.3) is 5.65 Å². The number of nitrogens with zero attached hydrogens (tertiary/aromatic N) is 3. The van der Waals surface area contributed by atoms with Crippen molar-refractivity contribution in [2.75, 3.05) is 6.61 Å². The van der Waals surface area contributed by atoms with Gasteiger partial charge in [-0.15, -0.1) is 10.2 Å². The van der Waals surface area contributed by atoms with Crippen LogP contribution >= 0.6 is 11.6 Å². The minimum absolute atomic E-state index is 0.309. The summed E-state index contributed by atoms with van der Waals surface area (Å²) in [7, 11) is 0. The molecule has 16 heavy (non-hydrogen) atoms. The van der Waals surface area contributed by atoms with Gasteiger partial charge in [0.2, 0.25) is 0 Å². The number of halogens is 1. The van der Waals surface area contributed by atoms with Gasteiger partial charge in [-0.05, 0) is 19.9 Å². The van der Waals surface area contributed by atoms with Gasteiger partial charge in [0.15, 0.2) is 5.65 Å². The second-order valence-corrected chi connectivity index (χ2v) is 3.64. The SMILES string of the molecule is CCOC(=O)c1cc2nnc(C)n2cc1Cl. The summed E-state index contributed by atoms with van der Waals surface area (Å²) in [6.07, 6.45) is 1.61. The normalized spacial score (nSPS) is 10.7. The van der Waals surface area contributed by atoms with Crippen LogP contribution in [-0.2, 0) is 4.74 Å². The molecule has 0 saturated carbocycles. The Balaban J connectivity index is 2.54. The number of fused-ring (bicyclic) bond motifs is 1. The first-order valence-electron chi connectivity index (χ1n) is 4.81. The van der Waals surface area contributed by atoms with Crippen molar-refractivity contribution in [3.63, 3.8) is 0 Å². The third kappa shape index (κ3) is 1.74. The summed E-state index contributed by atoms with van der Waals surface area (Å²) in [5.41, 5.74) is 0.883. The fraction of sp³-hybridized carbons (Fsp3) is 0.300. The summed E-state index contributed by atoms with van der Waals surface area (Å²) in [5, 5.41) is 8.12. The second-order valence-electron chi connectivity index (χ2n) is 3.23. The maximum atomic E-state index is 11.6. The van der Waals surface area contributed by atoms with Gasteiger partial charge in [0.05, 0.1) is 17.2 Å². The van der Waals surface area contributed by atoms with Gasteiger partial charge in [-0.1, -0.05) is 11.6 Å². The largest absolute Gasteiger partial charge is 0.462 e. The molecule has 0 aliphatic heterocycles. The summed E-state index contributed by atoms with van der Waals surface area (Å²) in [4.78, 5) is 11.6. The molecule has 6 heteroatoms. The zero-order valence-corrected chi connectivity index (χ0v) is 9.65. The molecule has 0 saturated heterocycles. The number of rotatable bonds is 2. The molecule has 0 aliphatic carbocycles. The van der Waals surface area contributed by atoms with Crippen molar-refractivity contribution in [1.82, 2.24) is 14.6 Å². The first-order chi connectivity index (χ1) is 7.63. The van der Waals surface area contributed by atoms with Crippen LogP contribution < -0.4 is 0 Å². The van der Waals surface area contributed by atoms with Gasteiger partial charge in [-0.3, -0.25) is 4.40 Å². The number of hydrogen-bond acceptors (Lipinski definition) is 4. The van der Waals surface area contributed by atoms with Crippen molar-refractivity contribution < 1.29 is 9.53 Å². The predicted molar refractivity (Wildman–Crippen MR) is 58.7 cm³/mol. The van der Waals surface area contributed by atoms with Gasteiger partial charge in [0.1, 0.15) is 5.82 Å². The average molecular weight is 240 g/mol. The number of ether oxygens (including phenoxy) is 1. The molecule has 5 nitrogen and oxygen atoms in total. The van der Waals surface area contributed by atoms with Crippen molar-refractivity contribution in [3.05, 3.63) is 28.7 Å². The molecule has 0 aliphatic rings. The van der Waals surface area contributed by atoms with Crippen LogP contribution in [0.2, 0.25) is 5.02 Å². The van der Waals surface area contributed by atoms with Crippen LogP contribution in [0.15, 0.2) is 12.3 Å². The van der Waals surface area contributed by atoms with E-state index in [1.54, 1.807) is 30.5 Å². The second kappa shape index (κ2) is 4.09. The van der Waals surface area contributed by atoms with Crippen LogP contribution in [0.1, 0.15) is 23.1 Å². The minimum atomic E-state index is -0.448. The smallest absolute Gasteiger partial charge is 0.339 e. The molecule has 0 radical (unpaired) electrons. The fourth-order valence-electron chi connectivity index (χ4n) is 1.39. The molecule has 0 aromatic carbocycles. The molecule has 2 rings (SSSR count). The molecule has 0 unspecified atom stereocenters. The predicted octanol–water partition coefficient (Wildman–Crippen LogP) is 1.87. The van der Waals surface area contributed by atoms with E-state index in [1.165, 1.54) is 0 Å². The first-order valence-corrected chi connectivity index (χ1v) is 5.19. The molecule has 2 aromatic rings. The Labute approximate surface area is 97.0 Å². The van der Waals surface area contributed by atoms with Gasteiger partial charge in [-0.25, -0.2) is 4.79 Å². The molecule has 0 bridgehead atoms. The Morgan fingerprint density at radius 1 is 1.56 bits per heavy atom. The number of carbonyl (C=O) groups excluding carboxylic acids is 1. The van der Waals surface area contributed by atoms with Gasteiger partial charge >= 0.3 is 5.97 Å². The van der Waals surface area contributed by atoms with Gasteiger partial charge < -0.3 is 4.74 Å². The van der Waals surface area contributed by atoms with Crippen LogP contribution in [0.4, 0.5) is 0 Å². The quantitative estimate of drug-likeness (QED) is 0.751. The van der Waals surface area contributed by atoms with E-state index in [4.69, 9.17) is 16.3 Å². The molecule has 2 aromatic heterocycles. The van der Waals surface area contributed by atoms with Crippen LogP contribution in [0.5, 0.6) is 0 Å². The third-order valence-corrected chi connectivity index (χ3v) is 2.46. The average Bonchev–Trinajstić information content (AvgIpc) is 2.59. The lowest BCUT2D eigenvalue weighted by Crippen LogP contribution is -2.06. The standard InChI is InChI=1S/C10H10ClN3O2/c1-3-16-10(15)7-4-9-13-12-6(2)14(9)5-8(7)11/h4-5H,3H2,1-2H3. The van der Waals surface area contributed by atoms with Crippen molar-refractivity contribution in [1.29, 1.82) is 0 Å². The molecule has 0 N–H and O–H groups in total. The number of esters is 1. The van der Waals surface area contributed by atoms with E-state index in [9.17, 15) is 4.79 Å². The van der Waals surface area contributed by atoms with Crippen molar-refractivity contribution >= 4 is 23.2 Å². The van der Waals surface area contributed by atoms with E-state index >= 15 is 0 Å². The van der Waals surface area contributed by atoms with Crippen LogP contribution in [0, 0.1) is 6.92 Å². The molecule has 0 atom stereocenters. The van der Waals surface area contributed by atoms with Gasteiger partial charge in [-0.2, -0.15) is 0 Å². The molecule has 84 valence electrons. The number of aromatic nitrogens is 3. The Morgan fingerprint density at radius 3 is 3.00 bits per heavy atom. The minimum Gasteiger partial charge on any atom is -0.462 e. The molecular weight excluding hydrogens is 230 g/mol. The topological polar surface area (TPSA) is 56.5 Å². The molecular formula is C10H10ClN3O2. The number of hydrogen-bond donors (Lipinski definition) is 0. The fourth-order valence-corrected chi connectivity index (χ4v) is 1.62. The maximum absolute atomic E-state index is 11.6. The highest BCUT2D eigenvalue weighted by molar-refractivity contribution is 6.33. The Morgan fingerprint density at radius 2 is 2.31 bits per heavy atom. The highest BCUT2D eigenvalue weighted by atomic mass is 35.5.